The van der Waals surface area contributed by atoms with Gasteiger partial charge in [-0.2, -0.15) is 11.8 Å². The molecule has 0 radical (unpaired) electrons. The molecule has 110 valence electrons. The second-order valence-electron chi connectivity index (χ2n) is 5.37. The van der Waals surface area contributed by atoms with Gasteiger partial charge in [0.15, 0.2) is 0 Å². The van der Waals surface area contributed by atoms with Crippen LogP contribution in [0.2, 0.25) is 0 Å². The molecule has 20 heavy (non-hydrogen) atoms. The van der Waals surface area contributed by atoms with E-state index >= 15 is 0 Å². The van der Waals surface area contributed by atoms with Crippen LogP contribution < -0.4 is 10.6 Å². The first-order chi connectivity index (χ1) is 9.63. The molecule has 1 saturated heterocycles. The fourth-order valence-corrected chi connectivity index (χ4v) is 3.62. The number of rotatable bonds is 5. The molecule has 1 aliphatic heterocycles. The molecule has 5 heteroatoms. The number of carbonyl (C=O) groups is 1. The zero-order chi connectivity index (χ0) is 14.4. The first-order valence-corrected chi connectivity index (χ1v) is 7.96. The van der Waals surface area contributed by atoms with Gasteiger partial charge >= 0.3 is 6.03 Å². The Morgan fingerprint density at radius 1 is 1.45 bits per heavy atom. The summed E-state index contributed by atoms with van der Waals surface area (Å²) in [6.07, 6.45) is 2.35. The molecule has 1 aromatic carbocycles. The van der Waals surface area contributed by atoms with Gasteiger partial charge in [0.1, 0.15) is 0 Å². The van der Waals surface area contributed by atoms with Gasteiger partial charge in [0.25, 0.3) is 0 Å². The Kier molecular flexibility index (Phi) is 5.31. The number of amides is 2. The molecule has 1 heterocycles. The van der Waals surface area contributed by atoms with E-state index in [9.17, 15) is 9.90 Å². The Bertz CT molecular complexity index is 433. The third-order valence-corrected chi connectivity index (χ3v) is 5.15. The molecule has 0 saturated carbocycles. The van der Waals surface area contributed by atoms with E-state index in [2.05, 4.69) is 17.6 Å². The lowest BCUT2D eigenvalue weighted by Crippen LogP contribution is -2.44. The van der Waals surface area contributed by atoms with Gasteiger partial charge in [0.05, 0.1) is 12.6 Å². The highest BCUT2D eigenvalue weighted by atomic mass is 32.2. The van der Waals surface area contributed by atoms with Crippen molar-refractivity contribution < 1.29 is 9.90 Å². The van der Waals surface area contributed by atoms with Gasteiger partial charge in [-0.05, 0) is 31.1 Å². The fraction of sp³-hybridized carbons (Fsp3) is 0.533. The van der Waals surface area contributed by atoms with Crippen LogP contribution >= 0.6 is 11.8 Å². The third kappa shape index (κ3) is 4.15. The first kappa shape index (κ1) is 15.2. The largest absolute Gasteiger partial charge is 0.394 e. The van der Waals surface area contributed by atoms with Gasteiger partial charge in [-0.1, -0.05) is 30.3 Å². The highest BCUT2D eigenvalue weighted by Crippen LogP contribution is 2.36. The SMILES string of the molecule is C[C@@]1(CNC(=O)N[C@H](CO)c2ccccc2)CCCS1. The average molecular weight is 294 g/mol. The second-order valence-corrected chi connectivity index (χ2v) is 7.06. The van der Waals surface area contributed by atoms with Gasteiger partial charge in [0.2, 0.25) is 0 Å². The summed E-state index contributed by atoms with van der Waals surface area (Å²) < 4.78 is 0.152. The summed E-state index contributed by atoms with van der Waals surface area (Å²) in [6.45, 7) is 2.74. The standard InChI is InChI=1S/C15H22N2O2S/c1-15(8-5-9-20-15)11-16-14(19)17-13(10-18)12-6-3-2-4-7-12/h2-4,6-7,13,18H,5,8-11H2,1H3,(H2,16,17,19)/t13-,15+/m1/s1. The number of benzene rings is 1. The zero-order valence-electron chi connectivity index (χ0n) is 11.8. The van der Waals surface area contributed by atoms with Crippen LogP contribution in [-0.4, -0.2) is 34.8 Å². The molecule has 1 fully saturated rings. The highest BCUT2D eigenvalue weighted by molar-refractivity contribution is 8.00. The molecule has 0 aromatic heterocycles. The van der Waals surface area contributed by atoms with Crippen molar-refractivity contribution in [2.45, 2.75) is 30.6 Å². The number of urea groups is 1. The van der Waals surface area contributed by atoms with E-state index in [1.54, 1.807) is 0 Å². The molecule has 2 amide bonds. The van der Waals surface area contributed by atoms with Gasteiger partial charge in [-0.3, -0.25) is 0 Å². The van der Waals surface area contributed by atoms with Crippen molar-refractivity contribution in [2.75, 3.05) is 18.9 Å². The lowest BCUT2D eigenvalue weighted by Gasteiger charge is -2.24. The van der Waals surface area contributed by atoms with E-state index in [0.717, 1.165) is 12.0 Å². The van der Waals surface area contributed by atoms with Crippen molar-refractivity contribution in [1.82, 2.24) is 10.6 Å². The summed E-state index contributed by atoms with van der Waals surface area (Å²) in [6, 6.07) is 8.92. The first-order valence-electron chi connectivity index (χ1n) is 6.97. The summed E-state index contributed by atoms with van der Waals surface area (Å²) in [4.78, 5) is 11.9. The highest BCUT2D eigenvalue weighted by Gasteiger charge is 2.29. The summed E-state index contributed by atoms with van der Waals surface area (Å²) in [7, 11) is 0. The van der Waals surface area contributed by atoms with Crippen LogP contribution in [0.5, 0.6) is 0 Å². The lowest BCUT2D eigenvalue weighted by atomic mass is 10.1. The molecule has 4 nitrogen and oxygen atoms in total. The predicted octanol–water partition coefficient (Wildman–Crippen LogP) is 2.30. The molecule has 3 N–H and O–H groups in total. The summed E-state index contributed by atoms with van der Waals surface area (Å²) in [5.41, 5.74) is 0.909. The van der Waals surface area contributed by atoms with Crippen molar-refractivity contribution in [3.8, 4) is 0 Å². The van der Waals surface area contributed by atoms with Crippen LogP contribution in [0.4, 0.5) is 4.79 Å². The Morgan fingerprint density at radius 2 is 2.20 bits per heavy atom. The Balaban J connectivity index is 1.83. The number of hydrogen-bond acceptors (Lipinski definition) is 3. The van der Waals surface area contributed by atoms with Crippen LogP contribution in [0, 0.1) is 0 Å². The summed E-state index contributed by atoms with van der Waals surface area (Å²) in [5.74, 6) is 1.17. The van der Waals surface area contributed by atoms with Crippen molar-refractivity contribution in [3.05, 3.63) is 35.9 Å². The molecule has 0 unspecified atom stereocenters. The number of carbonyl (C=O) groups excluding carboxylic acids is 1. The second kappa shape index (κ2) is 6.99. The molecule has 1 aliphatic rings. The van der Waals surface area contributed by atoms with Crippen molar-refractivity contribution in [3.63, 3.8) is 0 Å². The van der Waals surface area contributed by atoms with Crippen molar-refractivity contribution in [1.29, 1.82) is 0 Å². The van der Waals surface area contributed by atoms with Crippen molar-refractivity contribution in [2.24, 2.45) is 0 Å². The number of nitrogens with one attached hydrogen (secondary N) is 2. The zero-order valence-corrected chi connectivity index (χ0v) is 12.6. The van der Waals surface area contributed by atoms with Gasteiger partial charge in [-0.25, -0.2) is 4.79 Å². The van der Waals surface area contributed by atoms with E-state index in [-0.39, 0.29) is 23.4 Å². The minimum Gasteiger partial charge on any atom is -0.394 e. The molecule has 1 aromatic rings. The smallest absolute Gasteiger partial charge is 0.315 e. The topological polar surface area (TPSA) is 61.4 Å². The van der Waals surface area contributed by atoms with Gasteiger partial charge in [-0.15, -0.1) is 0 Å². The van der Waals surface area contributed by atoms with Crippen molar-refractivity contribution >= 4 is 17.8 Å². The molecule has 0 spiro atoms. The number of hydrogen-bond donors (Lipinski definition) is 3. The molecular weight excluding hydrogens is 272 g/mol. The quantitative estimate of drug-likeness (QED) is 0.781. The lowest BCUT2D eigenvalue weighted by molar-refractivity contribution is 0.216. The molecular formula is C15H22N2O2S. The monoisotopic (exact) mass is 294 g/mol. The van der Waals surface area contributed by atoms with E-state index in [4.69, 9.17) is 0 Å². The maximum absolute atomic E-state index is 11.9. The van der Waals surface area contributed by atoms with Crippen LogP contribution in [0.15, 0.2) is 30.3 Å². The van der Waals surface area contributed by atoms with E-state index in [1.165, 1.54) is 12.2 Å². The van der Waals surface area contributed by atoms with Crippen LogP contribution in [0.3, 0.4) is 0 Å². The molecule has 2 rings (SSSR count). The average Bonchev–Trinajstić information content (AvgIpc) is 2.91. The van der Waals surface area contributed by atoms with Gasteiger partial charge in [0, 0.05) is 11.3 Å². The fourth-order valence-electron chi connectivity index (χ4n) is 2.37. The molecule has 2 atom stereocenters. The van der Waals surface area contributed by atoms with Gasteiger partial charge < -0.3 is 15.7 Å². The third-order valence-electron chi connectivity index (χ3n) is 3.61. The van der Waals surface area contributed by atoms with E-state index in [1.807, 2.05) is 42.1 Å². The normalized spacial score (nSPS) is 23.3. The van der Waals surface area contributed by atoms with Crippen LogP contribution in [-0.2, 0) is 0 Å². The molecule has 0 aliphatic carbocycles. The van der Waals surface area contributed by atoms with E-state index in [0.29, 0.717) is 6.54 Å². The summed E-state index contributed by atoms with van der Waals surface area (Å²) in [5, 5.41) is 15.1. The Labute approximate surface area is 124 Å². The predicted molar refractivity (Wildman–Crippen MR) is 82.9 cm³/mol. The van der Waals surface area contributed by atoms with E-state index < -0.39 is 0 Å². The van der Waals surface area contributed by atoms with Crippen LogP contribution in [0.25, 0.3) is 0 Å². The van der Waals surface area contributed by atoms with Crippen LogP contribution in [0.1, 0.15) is 31.4 Å². The molecule has 0 bridgehead atoms. The minimum atomic E-state index is -0.361. The number of aliphatic hydroxyl groups excluding tert-OH is 1. The maximum atomic E-state index is 11.9. The number of aliphatic hydroxyl groups is 1. The summed E-state index contributed by atoms with van der Waals surface area (Å²) >= 11 is 1.92. The maximum Gasteiger partial charge on any atom is 0.315 e. The number of thioether (sulfide) groups is 1. The Hall–Kier alpha value is -1.20. The minimum absolute atomic E-state index is 0.108. The Morgan fingerprint density at radius 3 is 2.80 bits per heavy atom.